The molecular formula is C25H15NO4. The summed E-state index contributed by atoms with van der Waals surface area (Å²) in [5, 5.41) is 32.0. The summed E-state index contributed by atoms with van der Waals surface area (Å²) >= 11 is 0. The molecule has 6 rings (SSSR count). The number of furan rings is 2. The van der Waals surface area contributed by atoms with Gasteiger partial charge in [-0.05, 0) is 30.3 Å². The van der Waals surface area contributed by atoms with Crippen molar-refractivity contribution in [2.75, 3.05) is 0 Å². The van der Waals surface area contributed by atoms with Crippen LogP contribution in [0.5, 0.6) is 11.5 Å². The molecule has 0 amide bonds. The van der Waals surface area contributed by atoms with Crippen molar-refractivity contribution < 1.29 is 19.0 Å². The number of phenols is 2. The zero-order valence-corrected chi connectivity index (χ0v) is 15.7. The standard InChI is InChI=1S/C13H7NO2.C12H8O2/c14-7-8-5-6-10-9-3-1-2-4-11(9)16-13(10)12(8)15;13-10-6-3-5-9-8-4-1-2-7-11(8)14-12(9)10/h1-6,15H;1-7,13H. The third-order valence-electron chi connectivity index (χ3n) is 5.02. The second-order valence-electron chi connectivity index (χ2n) is 6.80. The van der Waals surface area contributed by atoms with Crippen LogP contribution in [-0.4, -0.2) is 10.2 Å². The number of nitrogens with zero attached hydrogens (tertiary/aromatic N) is 1. The molecule has 0 saturated carbocycles. The van der Waals surface area contributed by atoms with Gasteiger partial charge in [-0.1, -0.05) is 48.5 Å². The van der Waals surface area contributed by atoms with Crippen LogP contribution in [0, 0.1) is 11.3 Å². The van der Waals surface area contributed by atoms with Crippen LogP contribution in [-0.2, 0) is 0 Å². The topological polar surface area (TPSA) is 90.5 Å². The van der Waals surface area contributed by atoms with Crippen molar-refractivity contribution in [2.45, 2.75) is 0 Å². The van der Waals surface area contributed by atoms with Gasteiger partial charge in [0, 0.05) is 21.5 Å². The minimum absolute atomic E-state index is 0.0869. The van der Waals surface area contributed by atoms with Crippen LogP contribution in [0.1, 0.15) is 5.56 Å². The summed E-state index contributed by atoms with van der Waals surface area (Å²) in [6.45, 7) is 0. The van der Waals surface area contributed by atoms with Gasteiger partial charge in [-0.3, -0.25) is 0 Å². The summed E-state index contributed by atoms with van der Waals surface area (Å²) in [5.74, 6) is 0.106. The molecule has 0 fully saturated rings. The molecule has 0 atom stereocenters. The molecule has 2 heterocycles. The van der Waals surface area contributed by atoms with Crippen LogP contribution >= 0.6 is 0 Å². The fourth-order valence-corrected chi connectivity index (χ4v) is 3.60. The average molecular weight is 393 g/mol. The summed E-state index contributed by atoms with van der Waals surface area (Å²) in [6, 6.07) is 26.0. The molecule has 144 valence electrons. The van der Waals surface area contributed by atoms with E-state index in [4.69, 9.17) is 14.1 Å². The molecule has 0 aliphatic carbocycles. The molecule has 0 spiro atoms. The predicted octanol–water partition coefficient (Wildman–Crippen LogP) is 6.45. The number of phenolic OH excluding ortho intramolecular Hbond substituents is 2. The molecule has 0 radical (unpaired) electrons. The van der Waals surface area contributed by atoms with Gasteiger partial charge in [0.15, 0.2) is 22.7 Å². The van der Waals surface area contributed by atoms with Crippen molar-refractivity contribution in [3.63, 3.8) is 0 Å². The normalized spacial score (nSPS) is 10.9. The first-order valence-electron chi connectivity index (χ1n) is 9.30. The molecular weight excluding hydrogens is 378 g/mol. The minimum atomic E-state index is -0.0869. The van der Waals surface area contributed by atoms with E-state index in [1.54, 1.807) is 18.2 Å². The van der Waals surface area contributed by atoms with Gasteiger partial charge in [-0.25, -0.2) is 0 Å². The largest absolute Gasteiger partial charge is 0.504 e. The minimum Gasteiger partial charge on any atom is -0.504 e. The maximum atomic E-state index is 9.83. The van der Waals surface area contributed by atoms with Gasteiger partial charge in [-0.2, -0.15) is 5.26 Å². The van der Waals surface area contributed by atoms with Gasteiger partial charge in [0.1, 0.15) is 17.2 Å². The van der Waals surface area contributed by atoms with E-state index in [0.29, 0.717) is 16.7 Å². The monoisotopic (exact) mass is 393 g/mol. The van der Waals surface area contributed by atoms with Crippen molar-refractivity contribution in [1.29, 1.82) is 5.26 Å². The summed E-state index contributed by atoms with van der Waals surface area (Å²) in [6.07, 6.45) is 0. The van der Waals surface area contributed by atoms with Gasteiger partial charge in [0.25, 0.3) is 0 Å². The first-order valence-corrected chi connectivity index (χ1v) is 9.30. The average Bonchev–Trinajstić information content (AvgIpc) is 3.35. The molecule has 5 heteroatoms. The molecule has 5 nitrogen and oxygen atoms in total. The third-order valence-corrected chi connectivity index (χ3v) is 5.02. The van der Waals surface area contributed by atoms with E-state index < -0.39 is 0 Å². The van der Waals surface area contributed by atoms with Crippen LogP contribution in [0.15, 0.2) is 87.7 Å². The van der Waals surface area contributed by atoms with Gasteiger partial charge in [-0.15, -0.1) is 0 Å². The Hall–Kier alpha value is -4.43. The lowest BCUT2D eigenvalue weighted by Gasteiger charge is -1.95. The van der Waals surface area contributed by atoms with E-state index >= 15 is 0 Å². The number of fused-ring (bicyclic) bond motifs is 6. The lowest BCUT2D eigenvalue weighted by molar-refractivity contribution is 0.467. The highest BCUT2D eigenvalue weighted by atomic mass is 16.4. The molecule has 2 aromatic heterocycles. The Kier molecular flexibility index (Phi) is 4.04. The SMILES string of the molecule is N#Cc1ccc2c(oc3ccccc32)c1O.Oc1cccc2c1oc1ccccc12. The van der Waals surface area contributed by atoms with Crippen LogP contribution in [0.3, 0.4) is 0 Å². The number of hydrogen-bond donors (Lipinski definition) is 2. The maximum Gasteiger partial charge on any atom is 0.178 e. The number of nitriles is 1. The third kappa shape index (κ3) is 2.71. The first-order chi connectivity index (χ1) is 14.7. The molecule has 0 aliphatic rings. The van der Waals surface area contributed by atoms with E-state index in [1.165, 1.54) is 0 Å². The number of aromatic hydroxyl groups is 2. The number of hydrogen-bond acceptors (Lipinski definition) is 5. The van der Waals surface area contributed by atoms with Crippen molar-refractivity contribution >= 4 is 43.9 Å². The first kappa shape index (κ1) is 17.7. The summed E-state index contributed by atoms with van der Waals surface area (Å²) in [5.41, 5.74) is 2.69. The van der Waals surface area contributed by atoms with E-state index in [1.807, 2.05) is 66.7 Å². The second kappa shape index (κ2) is 6.87. The van der Waals surface area contributed by atoms with Crippen molar-refractivity contribution in [1.82, 2.24) is 0 Å². The number of benzene rings is 4. The smallest absolute Gasteiger partial charge is 0.178 e. The predicted molar refractivity (Wildman–Crippen MR) is 115 cm³/mol. The zero-order chi connectivity index (χ0) is 20.7. The molecule has 0 saturated heterocycles. The Balaban J connectivity index is 0.000000130. The molecule has 0 aliphatic heterocycles. The van der Waals surface area contributed by atoms with Crippen molar-refractivity contribution in [3.8, 4) is 17.6 Å². The van der Waals surface area contributed by atoms with Crippen LogP contribution < -0.4 is 0 Å². The maximum absolute atomic E-state index is 9.83. The second-order valence-corrected chi connectivity index (χ2v) is 6.80. The highest BCUT2D eigenvalue weighted by molar-refractivity contribution is 6.07. The molecule has 30 heavy (non-hydrogen) atoms. The Morgan fingerprint density at radius 2 is 1.17 bits per heavy atom. The van der Waals surface area contributed by atoms with Gasteiger partial charge >= 0.3 is 0 Å². The van der Waals surface area contributed by atoms with E-state index in [9.17, 15) is 10.2 Å². The highest BCUT2D eigenvalue weighted by Crippen LogP contribution is 2.36. The van der Waals surface area contributed by atoms with Crippen molar-refractivity contribution in [3.05, 3.63) is 84.4 Å². The highest BCUT2D eigenvalue weighted by Gasteiger charge is 2.13. The van der Waals surface area contributed by atoms with Crippen LogP contribution in [0.4, 0.5) is 0 Å². The lowest BCUT2D eigenvalue weighted by Crippen LogP contribution is -1.75. The zero-order valence-electron chi connectivity index (χ0n) is 15.7. The Morgan fingerprint density at radius 1 is 0.600 bits per heavy atom. The van der Waals surface area contributed by atoms with Crippen LogP contribution in [0.25, 0.3) is 43.9 Å². The molecule has 0 unspecified atom stereocenters. The molecule has 0 bridgehead atoms. The lowest BCUT2D eigenvalue weighted by atomic mass is 10.1. The summed E-state index contributed by atoms with van der Waals surface area (Å²) in [7, 11) is 0. The quantitative estimate of drug-likeness (QED) is 0.309. The van der Waals surface area contributed by atoms with E-state index in [0.717, 1.165) is 27.1 Å². The fraction of sp³-hybridized carbons (Fsp3) is 0. The van der Waals surface area contributed by atoms with Crippen LogP contribution in [0.2, 0.25) is 0 Å². The molecule has 2 N–H and O–H groups in total. The Morgan fingerprint density at radius 3 is 1.83 bits per heavy atom. The van der Waals surface area contributed by atoms with Gasteiger partial charge in [0.05, 0.1) is 5.56 Å². The van der Waals surface area contributed by atoms with E-state index in [2.05, 4.69) is 0 Å². The molecule has 4 aromatic carbocycles. The fourth-order valence-electron chi connectivity index (χ4n) is 3.60. The van der Waals surface area contributed by atoms with E-state index in [-0.39, 0.29) is 17.1 Å². The number of rotatable bonds is 0. The van der Waals surface area contributed by atoms with Gasteiger partial charge in [0.2, 0.25) is 0 Å². The summed E-state index contributed by atoms with van der Waals surface area (Å²) < 4.78 is 11.1. The number of para-hydroxylation sites is 3. The Bertz CT molecular complexity index is 1580. The Labute approximate surface area is 170 Å². The van der Waals surface area contributed by atoms with Gasteiger partial charge < -0.3 is 19.0 Å². The summed E-state index contributed by atoms with van der Waals surface area (Å²) in [4.78, 5) is 0. The van der Waals surface area contributed by atoms with Crippen molar-refractivity contribution in [2.24, 2.45) is 0 Å². The molecule has 6 aromatic rings.